The Morgan fingerprint density at radius 3 is 2.28 bits per heavy atom. The molecular weight excluding hydrogens is 518 g/mol. The van der Waals surface area contributed by atoms with Gasteiger partial charge in [-0.2, -0.15) is 0 Å². The summed E-state index contributed by atoms with van der Waals surface area (Å²) >= 11 is 0. The molecule has 0 fully saturated rings. The lowest BCUT2D eigenvalue weighted by Gasteiger charge is -2.33. The Kier molecular flexibility index (Phi) is 8.35. The highest BCUT2D eigenvalue weighted by atomic mass is 32.2. The molecule has 3 aromatic rings. The number of ether oxygens (including phenoxy) is 1. The van der Waals surface area contributed by atoms with Crippen molar-refractivity contribution in [3.63, 3.8) is 0 Å². The number of benzene rings is 3. The predicted molar refractivity (Wildman–Crippen MR) is 145 cm³/mol. The van der Waals surface area contributed by atoms with Crippen LogP contribution in [0.5, 0.6) is 5.75 Å². The van der Waals surface area contributed by atoms with E-state index in [1.54, 1.807) is 30.3 Å². The monoisotopic (exact) mass is 549 g/mol. The molecule has 0 aliphatic carbocycles. The Morgan fingerprint density at radius 2 is 1.62 bits per heavy atom. The van der Waals surface area contributed by atoms with E-state index in [0.29, 0.717) is 15.6 Å². The second kappa shape index (κ2) is 11.7. The number of carbonyl (C=O) groups is 3. The number of carbonyl (C=O) groups excluding carboxylic acids is 3. The van der Waals surface area contributed by atoms with E-state index in [9.17, 15) is 22.8 Å². The van der Waals surface area contributed by atoms with Crippen LogP contribution in [0.3, 0.4) is 0 Å². The Hall–Kier alpha value is -4.18. The number of amides is 3. The third-order valence-electron chi connectivity index (χ3n) is 6.38. The Bertz CT molecular complexity index is 1470. The zero-order valence-electron chi connectivity index (χ0n) is 22.0. The van der Waals surface area contributed by atoms with Gasteiger partial charge in [-0.15, -0.1) is 0 Å². The van der Waals surface area contributed by atoms with Crippen LogP contribution in [0.2, 0.25) is 0 Å². The van der Waals surface area contributed by atoms with Gasteiger partial charge in [-0.25, -0.2) is 12.7 Å². The Balaban J connectivity index is 1.72. The van der Waals surface area contributed by atoms with Crippen molar-refractivity contribution in [2.75, 3.05) is 13.7 Å². The minimum absolute atomic E-state index is 0.00588. The van der Waals surface area contributed by atoms with E-state index in [-0.39, 0.29) is 35.4 Å². The molecule has 0 spiro atoms. The smallest absolute Gasteiger partial charge is 0.269 e. The van der Waals surface area contributed by atoms with Gasteiger partial charge in [0.05, 0.1) is 12.7 Å². The highest BCUT2D eigenvalue weighted by molar-refractivity contribution is 7.90. The number of rotatable bonds is 10. The first-order valence-electron chi connectivity index (χ1n) is 12.5. The Labute approximate surface area is 228 Å². The number of fused-ring (bicyclic) bond motifs is 1. The molecule has 0 radical (unpaired) electrons. The maximum Gasteiger partial charge on any atom is 0.269 e. The molecule has 0 aromatic heterocycles. The summed E-state index contributed by atoms with van der Waals surface area (Å²) in [5, 5.41) is 2.88. The molecule has 204 valence electrons. The number of nitrogens with one attached hydrogen (secondary N) is 1. The van der Waals surface area contributed by atoms with Crippen LogP contribution in [0.15, 0.2) is 83.8 Å². The van der Waals surface area contributed by atoms with Crippen molar-refractivity contribution in [3.8, 4) is 5.75 Å². The van der Waals surface area contributed by atoms with E-state index in [0.717, 1.165) is 5.56 Å². The SMILES string of the molecule is COc1cccc(CN(C(=O)CN2C(=O)c3ccccc3S2(=O)=O)C(Cc2ccccc2)C(=O)NC(C)C)c1. The molecule has 1 N–H and O–H groups in total. The lowest BCUT2D eigenvalue weighted by atomic mass is 10.0. The molecule has 1 aliphatic rings. The summed E-state index contributed by atoms with van der Waals surface area (Å²) in [6, 6.07) is 21.0. The van der Waals surface area contributed by atoms with Crippen molar-refractivity contribution in [1.29, 1.82) is 0 Å². The second-order valence-corrected chi connectivity index (χ2v) is 11.4. The summed E-state index contributed by atoms with van der Waals surface area (Å²) in [6.45, 7) is 2.89. The third kappa shape index (κ3) is 6.12. The highest BCUT2D eigenvalue weighted by Crippen LogP contribution is 2.30. The molecule has 4 rings (SSSR count). The molecule has 0 saturated carbocycles. The summed E-state index contributed by atoms with van der Waals surface area (Å²) in [7, 11) is -2.69. The fourth-order valence-corrected chi connectivity index (χ4v) is 6.02. The van der Waals surface area contributed by atoms with Crippen LogP contribution in [0, 0.1) is 0 Å². The fraction of sp³-hybridized carbons (Fsp3) is 0.276. The minimum Gasteiger partial charge on any atom is -0.497 e. The number of hydrogen-bond donors (Lipinski definition) is 1. The first kappa shape index (κ1) is 27.8. The van der Waals surface area contributed by atoms with Crippen LogP contribution in [0.25, 0.3) is 0 Å². The van der Waals surface area contributed by atoms with E-state index in [1.165, 1.54) is 30.2 Å². The minimum atomic E-state index is -4.22. The predicted octanol–water partition coefficient (Wildman–Crippen LogP) is 3.00. The average molecular weight is 550 g/mol. The number of methoxy groups -OCH3 is 1. The molecule has 3 aromatic carbocycles. The maximum absolute atomic E-state index is 13.9. The van der Waals surface area contributed by atoms with Gasteiger partial charge in [-0.1, -0.05) is 54.6 Å². The van der Waals surface area contributed by atoms with Gasteiger partial charge in [0.25, 0.3) is 15.9 Å². The van der Waals surface area contributed by atoms with E-state index in [2.05, 4.69) is 5.32 Å². The van der Waals surface area contributed by atoms with E-state index in [4.69, 9.17) is 4.74 Å². The van der Waals surface area contributed by atoms with Crippen molar-refractivity contribution < 1.29 is 27.5 Å². The molecule has 1 unspecified atom stereocenters. The quantitative estimate of drug-likeness (QED) is 0.416. The van der Waals surface area contributed by atoms with E-state index < -0.39 is 34.4 Å². The van der Waals surface area contributed by atoms with Crippen molar-refractivity contribution in [1.82, 2.24) is 14.5 Å². The maximum atomic E-state index is 13.9. The van der Waals surface area contributed by atoms with Gasteiger partial charge in [-0.05, 0) is 49.2 Å². The fourth-order valence-electron chi connectivity index (χ4n) is 4.50. The molecular formula is C29H31N3O6S. The molecule has 3 amide bonds. The number of nitrogens with zero attached hydrogens (tertiary/aromatic N) is 2. The van der Waals surface area contributed by atoms with Gasteiger partial charge >= 0.3 is 0 Å². The van der Waals surface area contributed by atoms with Crippen LogP contribution in [0.1, 0.15) is 35.3 Å². The number of hydrogen-bond acceptors (Lipinski definition) is 6. The van der Waals surface area contributed by atoms with E-state index >= 15 is 0 Å². The molecule has 9 nitrogen and oxygen atoms in total. The average Bonchev–Trinajstić information content (AvgIpc) is 3.11. The highest BCUT2D eigenvalue weighted by Gasteiger charge is 2.43. The Morgan fingerprint density at radius 1 is 0.949 bits per heavy atom. The van der Waals surface area contributed by atoms with Gasteiger partial charge in [0.1, 0.15) is 23.2 Å². The van der Waals surface area contributed by atoms with Crippen molar-refractivity contribution >= 4 is 27.7 Å². The summed E-state index contributed by atoms with van der Waals surface area (Å²) in [5.74, 6) is -1.27. The largest absolute Gasteiger partial charge is 0.497 e. The first-order valence-corrected chi connectivity index (χ1v) is 14.0. The van der Waals surface area contributed by atoms with Gasteiger partial charge in [0, 0.05) is 19.0 Å². The van der Waals surface area contributed by atoms with Gasteiger partial charge in [0.2, 0.25) is 11.8 Å². The zero-order valence-corrected chi connectivity index (χ0v) is 22.9. The summed E-state index contributed by atoms with van der Waals surface area (Å²) in [6.07, 6.45) is 0.190. The summed E-state index contributed by atoms with van der Waals surface area (Å²) in [4.78, 5) is 41.6. The molecule has 1 aliphatic heterocycles. The third-order valence-corrected chi connectivity index (χ3v) is 8.17. The van der Waals surface area contributed by atoms with Crippen molar-refractivity contribution in [2.24, 2.45) is 0 Å². The molecule has 0 bridgehead atoms. The summed E-state index contributed by atoms with van der Waals surface area (Å²) in [5.41, 5.74) is 1.52. The van der Waals surface area contributed by atoms with E-state index in [1.807, 2.05) is 44.2 Å². The van der Waals surface area contributed by atoms with Gasteiger partial charge in [0.15, 0.2) is 0 Å². The number of sulfonamides is 1. The van der Waals surface area contributed by atoms with Crippen LogP contribution in [0.4, 0.5) is 0 Å². The van der Waals surface area contributed by atoms with Crippen molar-refractivity contribution in [2.45, 2.75) is 43.8 Å². The van der Waals surface area contributed by atoms with Crippen LogP contribution in [-0.2, 0) is 32.6 Å². The molecule has 1 atom stereocenters. The second-order valence-electron chi connectivity index (χ2n) is 9.55. The van der Waals surface area contributed by atoms with Crippen LogP contribution < -0.4 is 10.1 Å². The lowest BCUT2D eigenvalue weighted by Crippen LogP contribution is -2.54. The zero-order chi connectivity index (χ0) is 28.2. The topological polar surface area (TPSA) is 113 Å². The lowest BCUT2D eigenvalue weighted by molar-refractivity contribution is -0.141. The standard InChI is InChI=1S/C29H31N3O6S/c1-20(2)30-28(34)25(17-21-10-5-4-6-11-21)31(18-22-12-9-13-23(16-22)38-3)27(33)19-32-29(35)24-14-7-8-15-26(24)39(32,36)37/h4-16,20,25H,17-19H2,1-3H3,(H,30,34). The van der Waals surface area contributed by atoms with Crippen molar-refractivity contribution in [3.05, 3.63) is 95.6 Å². The normalized spacial score (nSPS) is 14.6. The molecule has 10 heteroatoms. The van der Waals surface area contributed by atoms with Crippen LogP contribution >= 0.6 is 0 Å². The first-order chi connectivity index (χ1) is 18.6. The van der Waals surface area contributed by atoms with Crippen LogP contribution in [-0.4, -0.2) is 61.1 Å². The van der Waals surface area contributed by atoms with Gasteiger partial charge < -0.3 is 15.0 Å². The molecule has 0 saturated heterocycles. The summed E-state index contributed by atoms with van der Waals surface area (Å²) < 4.78 is 32.3. The van der Waals surface area contributed by atoms with Gasteiger partial charge in [-0.3, -0.25) is 14.4 Å². The molecule has 39 heavy (non-hydrogen) atoms. The molecule has 1 heterocycles.